The molecule has 1 aromatic heterocycles. The van der Waals surface area contributed by atoms with Gasteiger partial charge in [-0.15, -0.1) is 0 Å². The van der Waals surface area contributed by atoms with Crippen LogP contribution in [-0.4, -0.2) is 54.1 Å². The van der Waals surface area contributed by atoms with Gasteiger partial charge in [-0.3, -0.25) is 4.79 Å². The first-order valence-electron chi connectivity index (χ1n) is 8.77. The maximum absolute atomic E-state index is 12.9. The number of aromatic nitrogens is 1. The number of halogens is 1. The summed E-state index contributed by atoms with van der Waals surface area (Å²) < 4.78 is 32.3. The van der Waals surface area contributed by atoms with E-state index in [1.54, 1.807) is 17.0 Å². The number of fused-ring (bicyclic) bond motifs is 1. The van der Waals surface area contributed by atoms with Crippen LogP contribution in [0.1, 0.15) is 16.1 Å². The Morgan fingerprint density at radius 2 is 1.86 bits per heavy atom. The Morgan fingerprint density at radius 3 is 2.57 bits per heavy atom. The molecule has 0 radical (unpaired) electrons. The summed E-state index contributed by atoms with van der Waals surface area (Å²) in [5.74, 6) is -0.156. The summed E-state index contributed by atoms with van der Waals surface area (Å²) in [6.07, 6.45) is 0. The molecular formula is C19H18ClN3O3S2. The van der Waals surface area contributed by atoms with Gasteiger partial charge in [0.1, 0.15) is 5.69 Å². The highest BCUT2D eigenvalue weighted by molar-refractivity contribution is 7.89. The van der Waals surface area contributed by atoms with Gasteiger partial charge in [-0.05, 0) is 48.8 Å². The van der Waals surface area contributed by atoms with Crippen LogP contribution in [-0.2, 0) is 10.0 Å². The van der Waals surface area contributed by atoms with Gasteiger partial charge < -0.3 is 4.90 Å². The van der Waals surface area contributed by atoms with Gasteiger partial charge in [-0.2, -0.15) is 8.68 Å². The molecule has 0 aliphatic carbocycles. The van der Waals surface area contributed by atoms with Gasteiger partial charge in [-0.25, -0.2) is 8.42 Å². The van der Waals surface area contributed by atoms with E-state index in [0.29, 0.717) is 23.8 Å². The summed E-state index contributed by atoms with van der Waals surface area (Å²) >= 11 is 7.23. The number of carbonyl (C=O) groups excluding carboxylic acids is 1. The number of piperazine rings is 1. The quantitative estimate of drug-likeness (QED) is 0.632. The van der Waals surface area contributed by atoms with Crippen LogP contribution < -0.4 is 0 Å². The van der Waals surface area contributed by atoms with Gasteiger partial charge in [0.05, 0.1) is 9.60 Å². The largest absolute Gasteiger partial charge is 0.335 e. The van der Waals surface area contributed by atoms with E-state index < -0.39 is 10.0 Å². The van der Waals surface area contributed by atoms with E-state index in [2.05, 4.69) is 4.37 Å². The molecule has 0 unspecified atom stereocenters. The van der Waals surface area contributed by atoms with E-state index in [-0.39, 0.29) is 23.9 Å². The van der Waals surface area contributed by atoms with Crippen molar-refractivity contribution >= 4 is 49.2 Å². The van der Waals surface area contributed by atoms with Crippen molar-refractivity contribution in [2.24, 2.45) is 0 Å². The minimum absolute atomic E-state index is 0.156. The first-order chi connectivity index (χ1) is 13.4. The number of hydrogen-bond acceptors (Lipinski definition) is 5. The Bertz CT molecular complexity index is 1150. The number of hydrogen-bond donors (Lipinski definition) is 0. The maximum atomic E-state index is 12.9. The van der Waals surface area contributed by atoms with Crippen LogP contribution >= 0.6 is 23.1 Å². The molecule has 3 aromatic rings. The van der Waals surface area contributed by atoms with E-state index in [9.17, 15) is 13.2 Å². The molecule has 0 atom stereocenters. The fourth-order valence-electron chi connectivity index (χ4n) is 3.26. The number of benzene rings is 2. The third-order valence-electron chi connectivity index (χ3n) is 4.79. The van der Waals surface area contributed by atoms with Crippen LogP contribution in [0.5, 0.6) is 0 Å². The summed E-state index contributed by atoms with van der Waals surface area (Å²) in [5.41, 5.74) is 1.51. The third-order valence-corrected chi connectivity index (χ3v) is 7.74. The van der Waals surface area contributed by atoms with Crippen LogP contribution in [0, 0.1) is 6.92 Å². The second kappa shape index (κ2) is 7.44. The first kappa shape index (κ1) is 19.3. The van der Waals surface area contributed by atoms with Crippen LogP contribution in [0.2, 0.25) is 5.02 Å². The SMILES string of the molecule is Cc1ccc2snc(C(=O)N3CCN(S(=O)(=O)c4cccc(Cl)c4)CC3)c2c1. The van der Waals surface area contributed by atoms with Gasteiger partial charge in [0.2, 0.25) is 10.0 Å². The second-order valence-electron chi connectivity index (χ2n) is 6.68. The fourth-order valence-corrected chi connectivity index (χ4v) is 5.74. The maximum Gasteiger partial charge on any atom is 0.274 e. The fraction of sp³-hybridized carbons (Fsp3) is 0.263. The van der Waals surface area contributed by atoms with E-state index in [4.69, 9.17) is 11.6 Å². The van der Waals surface area contributed by atoms with Crippen molar-refractivity contribution in [1.82, 2.24) is 13.6 Å². The van der Waals surface area contributed by atoms with Crippen molar-refractivity contribution in [1.29, 1.82) is 0 Å². The predicted molar refractivity (Wildman–Crippen MR) is 110 cm³/mol. The van der Waals surface area contributed by atoms with Crippen molar-refractivity contribution in [2.45, 2.75) is 11.8 Å². The first-order valence-corrected chi connectivity index (χ1v) is 11.4. The molecule has 2 heterocycles. The lowest BCUT2D eigenvalue weighted by Crippen LogP contribution is -2.50. The van der Waals surface area contributed by atoms with Crippen molar-refractivity contribution in [3.8, 4) is 0 Å². The van der Waals surface area contributed by atoms with Crippen LogP contribution in [0.25, 0.3) is 10.1 Å². The standard InChI is InChI=1S/C19H18ClN3O3S2/c1-13-5-6-17-16(11-13)18(21-27-17)19(24)22-7-9-23(10-8-22)28(25,26)15-4-2-3-14(20)12-15/h2-6,11-12H,7-10H2,1H3. The minimum Gasteiger partial charge on any atom is -0.335 e. The van der Waals surface area contributed by atoms with Crippen molar-refractivity contribution in [3.05, 3.63) is 58.7 Å². The number of amides is 1. The zero-order valence-corrected chi connectivity index (χ0v) is 17.5. The highest BCUT2D eigenvalue weighted by Gasteiger charge is 2.31. The summed E-state index contributed by atoms with van der Waals surface area (Å²) in [6, 6.07) is 12.1. The Hall–Kier alpha value is -2.00. The van der Waals surface area contributed by atoms with Crippen LogP contribution in [0.3, 0.4) is 0 Å². The summed E-state index contributed by atoms with van der Waals surface area (Å²) in [7, 11) is -3.63. The van der Waals surface area contributed by atoms with Crippen LogP contribution in [0.15, 0.2) is 47.4 Å². The molecule has 4 rings (SSSR count). The van der Waals surface area contributed by atoms with E-state index in [1.807, 2.05) is 25.1 Å². The number of sulfonamides is 1. The Morgan fingerprint density at radius 1 is 1.11 bits per heavy atom. The van der Waals surface area contributed by atoms with E-state index >= 15 is 0 Å². The highest BCUT2D eigenvalue weighted by Crippen LogP contribution is 2.26. The molecule has 0 saturated carbocycles. The van der Waals surface area contributed by atoms with E-state index in [1.165, 1.54) is 28.0 Å². The molecule has 0 bridgehead atoms. The number of rotatable bonds is 3. The lowest BCUT2D eigenvalue weighted by atomic mass is 10.1. The molecule has 6 nitrogen and oxygen atoms in total. The molecule has 2 aromatic carbocycles. The molecule has 28 heavy (non-hydrogen) atoms. The van der Waals surface area contributed by atoms with Crippen molar-refractivity contribution in [3.63, 3.8) is 0 Å². The molecule has 1 fully saturated rings. The monoisotopic (exact) mass is 435 g/mol. The lowest BCUT2D eigenvalue weighted by Gasteiger charge is -2.33. The molecule has 9 heteroatoms. The van der Waals surface area contributed by atoms with Gasteiger partial charge in [-0.1, -0.05) is 29.3 Å². The predicted octanol–water partition coefficient (Wildman–Crippen LogP) is 3.40. The zero-order chi connectivity index (χ0) is 19.9. The average molecular weight is 436 g/mol. The molecular weight excluding hydrogens is 418 g/mol. The Balaban J connectivity index is 1.50. The molecule has 1 amide bonds. The Kier molecular flexibility index (Phi) is 5.13. The minimum atomic E-state index is -3.63. The number of nitrogens with zero attached hydrogens (tertiary/aromatic N) is 3. The van der Waals surface area contributed by atoms with Gasteiger partial charge in [0.25, 0.3) is 5.91 Å². The van der Waals surface area contributed by atoms with Gasteiger partial charge in [0, 0.05) is 36.6 Å². The second-order valence-corrected chi connectivity index (χ2v) is 9.86. The van der Waals surface area contributed by atoms with Gasteiger partial charge >= 0.3 is 0 Å². The molecule has 146 valence electrons. The van der Waals surface area contributed by atoms with Crippen molar-refractivity contribution < 1.29 is 13.2 Å². The summed E-state index contributed by atoms with van der Waals surface area (Å²) in [4.78, 5) is 14.8. The smallest absolute Gasteiger partial charge is 0.274 e. The molecule has 1 aliphatic heterocycles. The zero-order valence-electron chi connectivity index (χ0n) is 15.1. The molecule has 1 saturated heterocycles. The number of aryl methyl sites for hydroxylation is 1. The summed E-state index contributed by atoms with van der Waals surface area (Å²) in [5, 5.41) is 1.23. The molecule has 0 N–H and O–H groups in total. The Labute approximate surface area is 172 Å². The molecule has 1 aliphatic rings. The normalized spacial score (nSPS) is 15.9. The van der Waals surface area contributed by atoms with Crippen molar-refractivity contribution in [2.75, 3.05) is 26.2 Å². The van der Waals surface area contributed by atoms with Gasteiger partial charge in [0.15, 0.2) is 0 Å². The molecule has 0 spiro atoms. The topological polar surface area (TPSA) is 70.6 Å². The van der Waals surface area contributed by atoms with Crippen LogP contribution in [0.4, 0.5) is 0 Å². The highest BCUT2D eigenvalue weighted by atomic mass is 35.5. The summed E-state index contributed by atoms with van der Waals surface area (Å²) in [6.45, 7) is 3.10. The lowest BCUT2D eigenvalue weighted by molar-refractivity contribution is 0.0695. The third kappa shape index (κ3) is 3.53. The van der Waals surface area contributed by atoms with E-state index in [0.717, 1.165) is 15.6 Å². The number of carbonyl (C=O) groups is 1. The average Bonchev–Trinajstić information content (AvgIpc) is 3.10.